The fourth-order valence-corrected chi connectivity index (χ4v) is 4.17. The molecule has 1 aliphatic rings. The van der Waals surface area contributed by atoms with Gasteiger partial charge in [0.05, 0.1) is 24.3 Å². The zero-order valence-electron chi connectivity index (χ0n) is 10.9. The first-order valence-corrected chi connectivity index (χ1v) is 8.12. The summed E-state index contributed by atoms with van der Waals surface area (Å²) < 4.78 is 31.8. The number of halogens is 1. The highest BCUT2D eigenvalue weighted by molar-refractivity contribution is 7.89. The maximum Gasteiger partial charge on any atom is 0.256 e. The predicted octanol–water partition coefficient (Wildman–Crippen LogP) is 1.00. The molecular weight excluding hydrogens is 316 g/mol. The van der Waals surface area contributed by atoms with Crippen molar-refractivity contribution in [2.75, 3.05) is 26.3 Å². The van der Waals surface area contributed by atoms with Gasteiger partial charge in [-0.1, -0.05) is 11.6 Å². The quantitative estimate of drug-likeness (QED) is 0.892. The molecule has 3 rings (SSSR count). The Bertz CT molecular complexity index is 841. The maximum absolute atomic E-state index is 12.6. The summed E-state index contributed by atoms with van der Waals surface area (Å²) in [5.41, 5.74) is 0.0898. The summed E-state index contributed by atoms with van der Waals surface area (Å²) in [5, 5.41) is 0.640. The number of H-pyrrole nitrogens is 1. The van der Waals surface area contributed by atoms with E-state index < -0.39 is 10.0 Å². The van der Waals surface area contributed by atoms with Gasteiger partial charge in [0.2, 0.25) is 10.0 Å². The Hall–Kier alpha value is -1.41. The van der Waals surface area contributed by atoms with Crippen LogP contribution < -0.4 is 5.56 Å². The smallest absolute Gasteiger partial charge is 0.256 e. The van der Waals surface area contributed by atoms with Crippen LogP contribution in [0.5, 0.6) is 0 Å². The third-order valence-corrected chi connectivity index (χ3v) is 5.66. The van der Waals surface area contributed by atoms with Gasteiger partial charge in [0.25, 0.3) is 5.56 Å². The Kier molecular flexibility index (Phi) is 3.75. The van der Waals surface area contributed by atoms with Crippen LogP contribution >= 0.6 is 11.6 Å². The number of aromatic amines is 1. The molecule has 1 N–H and O–H groups in total. The second-order valence-electron chi connectivity index (χ2n) is 4.63. The molecule has 0 atom stereocenters. The van der Waals surface area contributed by atoms with Crippen LogP contribution in [0.3, 0.4) is 0 Å². The monoisotopic (exact) mass is 327 g/mol. The number of hydrogen-bond donors (Lipinski definition) is 1. The van der Waals surface area contributed by atoms with Crippen molar-refractivity contribution in [3.63, 3.8) is 0 Å². The average Bonchev–Trinajstić information content (AvgIpc) is 2.47. The topological polar surface area (TPSA) is 79.5 Å². The Morgan fingerprint density at radius 1 is 1.29 bits per heavy atom. The number of rotatable bonds is 2. The molecular formula is C13H12ClN2O4S. The summed E-state index contributed by atoms with van der Waals surface area (Å²) in [4.78, 5) is 13.8. The van der Waals surface area contributed by atoms with E-state index in [0.29, 0.717) is 37.2 Å². The van der Waals surface area contributed by atoms with Gasteiger partial charge in [-0.3, -0.25) is 4.79 Å². The second-order valence-corrected chi connectivity index (χ2v) is 6.94. The molecule has 21 heavy (non-hydrogen) atoms. The molecule has 1 fully saturated rings. The van der Waals surface area contributed by atoms with Crippen LogP contribution in [-0.2, 0) is 14.8 Å². The molecule has 1 aromatic heterocycles. The van der Waals surface area contributed by atoms with E-state index in [1.165, 1.54) is 22.5 Å². The summed E-state index contributed by atoms with van der Waals surface area (Å²) in [6, 6.07) is 6.81. The number of hydrogen-bond acceptors (Lipinski definition) is 4. The minimum absolute atomic E-state index is 0.0269. The molecule has 1 radical (unpaired) electrons. The van der Waals surface area contributed by atoms with Crippen molar-refractivity contribution >= 4 is 32.5 Å². The van der Waals surface area contributed by atoms with E-state index in [4.69, 9.17) is 16.3 Å². The lowest BCUT2D eigenvalue weighted by atomic mass is 10.2. The third kappa shape index (κ3) is 2.69. The fraction of sp³-hybridized carbons (Fsp3) is 0.308. The Morgan fingerprint density at radius 2 is 2.00 bits per heavy atom. The highest BCUT2D eigenvalue weighted by Gasteiger charge is 2.28. The number of nitrogens with zero attached hydrogens (tertiary/aromatic N) is 1. The van der Waals surface area contributed by atoms with E-state index in [0.717, 1.165) is 0 Å². The lowest BCUT2D eigenvalue weighted by molar-refractivity contribution is 0.0730. The maximum atomic E-state index is 12.6. The van der Waals surface area contributed by atoms with Crippen molar-refractivity contribution in [2.24, 2.45) is 0 Å². The van der Waals surface area contributed by atoms with Crippen LogP contribution in [-0.4, -0.2) is 44.0 Å². The van der Waals surface area contributed by atoms with Crippen molar-refractivity contribution < 1.29 is 13.2 Å². The van der Waals surface area contributed by atoms with Crippen LogP contribution in [0.15, 0.2) is 27.9 Å². The van der Waals surface area contributed by atoms with Gasteiger partial charge in [-0.25, -0.2) is 8.42 Å². The fourth-order valence-electron chi connectivity index (χ4n) is 2.22. The highest BCUT2D eigenvalue weighted by Crippen LogP contribution is 2.28. The van der Waals surface area contributed by atoms with Crippen LogP contribution in [0.4, 0.5) is 0 Å². The first-order valence-electron chi connectivity index (χ1n) is 6.30. The third-order valence-electron chi connectivity index (χ3n) is 3.30. The number of ether oxygens (including phenoxy) is 1. The largest absolute Gasteiger partial charge is 0.379 e. The molecule has 0 saturated carbocycles. The normalized spacial score (nSPS) is 17.2. The van der Waals surface area contributed by atoms with E-state index in [2.05, 4.69) is 11.1 Å². The lowest BCUT2D eigenvalue weighted by Gasteiger charge is -2.26. The molecule has 111 valence electrons. The summed E-state index contributed by atoms with van der Waals surface area (Å²) in [7, 11) is -3.68. The number of aromatic nitrogens is 1. The molecule has 0 unspecified atom stereocenters. The van der Waals surface area contributed by atoms with E-state index in [1.807, 2.05) is 0 Å². The summed E-state index contributed by atoms with van der Waals surface area (Å²) in [5.74, 6) is 0. The van der Waals surface area contributed by atoms with Gasteiger partial charge in [-0.15, -0.1) is 0 Å². The number of benzene rings is 1. The number of sulfonamides is 1. The van der Waals surface area contributed by atoms with Gasteiger partial charge in [0, 0.05) is 24.0 Å². The number of morpholine rings is 1. The first kappa shape index (κ1) is 14.5. The SMILES string of the molecule is O=c1[c]cc2cc(S(=O)(=O)N3CCOCC3)c(Cl)cc2[nH]1. The molecule has 0 amide bonds. The molecule has 6 nitrogen and oxygen atoms in total. The zero-order chi connectivity index (χ0) is 15.0. The van der Waals surface area contributed by atoms with Gasteiger partial charge in [-0.05, 0) is 18.2 Å². The molecule has 1 aliphatic heterocycles. The van der Waals surface area contributed by atoms with Crippen molar-refractivity contribution in [2.45, 2.75) is 4.90 Å². The summed E-state index contributed by atoms with van der Waals surface area (Å²) in [6.07, 6.45) is 0. The molecule has 0 aliphatic carbocycles. The molecule has 1 aromatic carbocycles. The summed E-state index contributed by atoms with van der Waals surface area (Å²) in [6.45, 7) is 1.33. The van der Waals surface area contributed by atoms with E-state index in [-0.39, 0.29) is 15.5 Å². The van der Waals surface area contributed by atoms with Gasteiger partial charge in [0.1, 0.15) is 4.90 Å². The van der Waals surface area contributed by atoms with E-state index in [9.17, 15) is 13.2 Å². The standard InChI is InChI=1S/C13H12ClN2O4S/c14-10-8-11-9(1-2-13(17)15-11)7-12(10)21(18,19)16-3-5-20-6-4-16/h1,7-8H,3-6H2,(H,15,17). The highest BCUT2D eigenvalue weighted by atomic mass is 35.5. The lowest BCUT2D eigenvalue weighted by Crippen LogP contribution is -2.40. The van der Waals surface area contributed by atoms with Crippen LogP contribution in [0.25, 0.3) is 10.9 Å². The Morgan fingerprint density at radius 3 is 2.71 bits per heavy atom. The van der Waals surface area contributed by atoms with Gasteiger partial charge in [-0.2, -0.15) is 4.31 Å². The van der Waals surface area contributed by atoms with Crippen molar-refractivity contribution in [1.82, 2.24) is 9.29 Å². The molecule has 8 heteroatoms. The second kappa shape index (κ2) is 5.42. The van der Waals surface area contributed by atoms with Crippen LogP contribution in [0, 0.1) is 6.07 Å². The number of nitrogens with one attached hydrogen (secondary N) is 1. The minimum Gasteiger partial charge on any atom is -0.379 e. The summed E-state index contributed by atoms with van der Waals surface area (Å²) >= 11 is 6.09. The molecule has 0 spiro atoms. The molecule has 1 saturated heterocycles. The average molecular weight is 328 g/mol. The van der Waals surface area contributed by atoms with Gasteiger partial charge >= 0.3 is 0 Å². The minimum atomic E-state index is -3.68. The zero-order valence-corrected chi connectivity index (χ0v) is 12.5. The Labute approximate surface area is 126 Å². The van der Waals surface area contributed by atoms with Crippen LogP contribution in [0.2, 0.25) is 5.02 Å². The van der Waals surface area contributed by atoms with E-state index >= 15 is 0 Å². The van der Waals surface area contributed by atoms with Gasteiger partial charge in [0.15, 0.2) is 0 Å². The van der Waals surface area contributed by atoms with Crippen molar-refractivity contribution in [3.05, 3.63) is 39.6 Å². The van der Waals surface area contributed by atoms with Gasteiger partial charge < -0.3 is 9.72 Å². The van der Waals surface area contributed by atoms with Crippen molar-refractivity contribution in [3.8, 4) is 0 Å². The van der Waals surface area contributed by atoms with Crippen LogP contribution in [0.1, 0.15) is 0 Å². The molecule has 0 bridgehead atoms. The molecule has 2 aromatic rings. The number of pyridine rings is 1. The molecule has 2 heterocycles. The predicted molar refractivity (Wildman–Crippen MR) is 78.0 cm³/mol. The van der Waals surface area contributed by atoms with E-state index in [1.54, 1.807) is 0 Å². The first-order chi connectivity index (χ1) is 9.98. The van der Waals surface area contributed by atoms with Crippen molar-refractivity contribution in [1.29, 1.82) is 0 Å². The Balaban J connectivity index is 2.13. The number of fused-ring (bicyclic) bond motifs is 1.